The lowest BCUT2D eigenvalue weighted by atomic mass is 9.78. The second kappa shape index (κ2) is 5.63. The zero-order valence-electron chi connectivity index (χ0n) is 11.1. The molecule has 1 aromatic rings. The van der Waals surface area contributed by atoms with Crippen LogP contribution in [-0.4, -0.2) is 17.4 Å². The number of esters is 1. The summed E-state index contributed by atoms with van der Waals surface area (Å²) in [6, 6.07) is 7.42. The number of rotatable bonds is 4. The summed E-state index contributed by atoms with van der Waals surface area (Å²) in [4.78, 5) is 12.4. The minimum absolute atomic E-state index is 0.0789. The van der Waals surface area contributed by atoms with E-state index in [4.69, 9.17) is 4.74 Å². The van der Waals surface area contributed by atoms with E-state index < -0.39 is 11.4 Å². The first-order valence-electron chi connectivity index (χ1n) is 6.45. The molecule has 0 aromatic heterocycles. The Bertz CT molecular complexity index is 472. The number of carbonyl (C=O) groups excluding carboxylic acids is 1. The Balaban J connectivity index is 2.39. The second-order valence-electron chi connectivity index (χ2n) is 4.95. The lowest BCUT2D eigenvalue weighted by Crippen LogP contribution is -2.44. The van der Waals surface area contributed by atoms with Crippen molar-refractivity contribution in [3.63, 3.8) is 0 Å². The normalized spacial score (nSPS) is 24.0. The van der Waals surface area contributed by atoms with Gasteiger partial charge in [0.1, 0.15) is 0 Å². The predicted octanol–water partition coefficient (Wildman–Crippen LogP) is 2.21. The fourth-order valence-corrected chi connectivity index (χ4v) is 3.27. The highest BCUT2D eigenvalue weighted by Gasteiger charge is 2.47. The third kappa shape index (κ3) is 2.56. The minimum atomic E-state index is -1.05. The highest BCUT2D eigenvalue weighted by molar-refractivity contribution is 9.09. The van der Waals surface area contributed by atoms with Crippen molar-refractivity contribution in [1.29, 1.82) is 0 Å². The van der Waals surface area contributed by atoms with E-state index in [-0.39, 0.29) is 10.9 Å². The molecule has 2 rings (SSSR count). The monoisotopic (exact) mass is 324 g/mol. The summed E-state index contributed by atoms with van der Waals surface area (Å²) >= 11 is 3.45. The topological polar surface area (TPSA) is 49.4 Å². The molecule has 0 heterocycles. The molecule has 0 amide bonds. The van der Waals surface area contributed by atoms with Gasteiger partial charge in [0, 0.05) is 4.83 Å². The van der Waals surface area contributed by atoms with E-state index in [0.717, 1.165) is 5.56 Å². The van der Waals surface area contributed by atoms with E-state index >= 15 is 0 Å². The van der Waals surface area contributed by atoms with Crippen LogP contribution in [-0.2, 0) is 16.0 Å². The first kappa shape index (κ1) is 14.5. The maximum atomic E-state index is 12.6. The molecule has 4 heteroatoms. The van der Waals surface area contributed by atoms with E-state index in [1.807, 2.05) is 25.1 Å². The average Bonchev–Trinajstić information content (AvgIpc) is 2.64. The standard InChI is InChI=1S/C15H17BrO3/c1-3-19-14(18)15(8-10(2)16)9-11-6-4-5-7-12(11)13(15)17/h4-7,10H,3,8-9H2,1-2H3/q-1. The predicted molar refractivity (Wildman–Crippen MR) is 74.6 cm³/mol. The van der Waals surface area contributed by atoms with E-state index in [0.29, 0.717) is 25.0 Å². The third-order valence-corrected chi connectivity index (χ3v) is 3.81. The van der Waals surface area contributed by atoms with Crippen LogP contribution in [0.2, 0.25) is 0 Å². The van der Waals surface area contributed by atoms with Gasteiger partial charge in [-0.25, -0.2) is 0 Å². The maximum absolute atomic E-state index is 12.6. The zero-order valence-corrected chi connectivity index (χ0v) is 12.7. The van der Waals surface area contributed by atoms with Crippen LogP contribution in [0.4, 0.5) is 0 Å². The van der Waals surface area contributed by atoms with Crippen molar-refractivity contribution < 1.29 is 14.6 Å². The van der Waals surface area contributed by atoms with E-state index in [2.05, 4.69) is 15.9 Å². The Morgan fingerprint density at radius 1 is 1.53 bits per heavy atom. The molecule has 2 unspecified atom stereocenters. The minimum Gasteiger partial charge on any atom is -0.845 e. The Morgan fingerprint density at radius 3 is 2.79 bits per heavy atom. The molecule has 0 fully saturated rings. The summed E-state index contributed by atoms with van der Waals surface area (Å²) in [5, 5.41) is 12.6. The molecule has 103 valence electrons. The lowest BCUT2D eigenvalue weighted by Gasteiger charge is -2.38. The van der Waals surface area contributed by atoms with Gasteiger partial charge in [0.2, 0.25) is 0 Å². The van der Waals surface area contributed by atoms with Gasteiger partial charge in [-0.05, 0) is 25.3 Å². The Morgan fingerprint density at radius 2 is 2.21 bits per heavy atom. The van der Waals surface area contributed by atoms with Gasteiger partial charge in [-0.15, -0.1) is 0 Å². The summed E-state index contributed by atoms with van der Waals surface area (Å²) in [7, 11) is 0. The van der Waals surface area contributed by atoms with Gasteiger partial charge in [-0.3, -0.25) is 4.79 Å². The highest BCUT2D eigenvalue weighted by Crippen LogP contribution is 2.48. The number of hydrogen-bond acceptors (Lipinski definition) is 3. The zero-order chi connectivity index (χ0) is 14.0. The van der Waals surface area contributed by atoms with Crippen LogP contribution in [0.3, 0.4) is 0 Å². The number of fused-ring (bicyclic) bond motifs is 1. The van der Waals surface area contributed by atoms with Crippen LogP contribution in [0.5, 0.6) is 0 Å². The molecule has 0 aliphatic heterocycles. The van der Waals surface area contributed by atoms with E-state index in [1.54, 1.807) is 13.0 Å². The molecule has 1 aliphatic rings. The highest BCUT2D eigenvalue weighted by atomic mass is 79.9. The quantitative estimate of drug-likeness (QED) is 0.630. The van der Waals surface area contributed by atoms with Gasteiger partial charge in [0.05, 0.1) is 12.0 Å². The van der Waals surface area contributed by atoms with Gasteiger partial charge < -0.3 is 9.84 Å². The number of ether oxygens (including phenoxy) is 1. The van der Waals surface area contributed by atoms with Crippen molar-refractivity contribution in [2.75, 3.05) is 6.61 Å². The molecule has 0 N–H and O–H groups in total. The van der Waals surface area contributed by atoms with Crippen molar-refractivity contribution >= 4 is 21.9 Å². The molecule has 3 nitrogen and oxygen atoms in total. The average molecular weight is 325 g/mol. The Labute approximate surface area is 122 Å². The molecule has 1 radical (unpaired) electrons. The molecule has 19 heavy (non-hydrogen) atoms. The Kier molecular flexibility index (Phi) is 4.31. The molecule has 0 saturated carbocycles. The second-order valence-corrected chi connectivity index (χ2v) is 6.51. The van der Waals surface area contributed by atoms with Crippen LogP contribution in [0.25, 0.3) is 0 Å². The number of hydrogen-bond donors (Lipinski definition) is 0. The molecule has 0 bridgehead atoms. The molecule has 0 saturated heterocycles. The fraction of sp³-hybridized carbons (Fsp3) is 0.467. The van der Waals surface area contributed by atoms with Gasteiger partial charge in [0.15, 0.2) is 0 Å². The number of alkyl halides is 1. The Hall–Kier alpha value is -0.870. The fourth-order valence-electron chi connectivity index (χ4n) is 2.72. The lowest BCUT2D eigenvalue weighted by molar-refractivity contribution is -0.363. The van der Waals surface area contributed by atoms with Crippen LogP contribution < -0.4 is 5.11 Å². The maximum Gasteiger partial charge on any atom is 0.311 e. The van der Waals surface area contributed by atoms with Gasteiger partial charge >= 0.3 is 5.97 Å². The van der Waals surface area contributed by atoms with Crippen LogP contribution in [0.1, 0.15) is 31.4 Å². The number of carbonyl (C=O) groups is 1. The number of benzene rings is 1. The van der Waals surface area contributed by atoms with Crippen LogP contribution in [0.15, 0.2) is 24.3 Å². The molecule has 1 aliphatic carbocycles. The molecular weight excluding hydrogens is 308 g/mol. The largest absolute Gasteiger partial charge is 0.845 e. The van der Waals surface area contributed by atoms with Crippen LogP contribution in [0, 0.1) is 11.5 Å². The molecule has 2 atom stereocenters. The van der Waals surface area contributed by atoms with Gasteiger partial charge in [0.25, 0.3) is 0 Å². The first-order valence-corrected chi connectivity index (χ1v) is 7.37. The number of halogens is 1. The van der Waals surface area contributed by atoms with Crippen LogP contribution >= 0.6 is 15.9 Å². The summed E-state index contributed by atoms with van der Waals surface area (Å²) in [5.41, 5.74) is 0.542. The summed E-state index contributed by atoms with van der Waals surface area (Å²) in [5.74, 6) is -0.400. The first-order chi connectivity index (χ1) is 9.01. The third-order valence-electron chi connectivity index (χ3n) is 3.48. The summed E-state index contributed by atoms with van der Waals surface area (Å²) in [6.45, 7) is 3.99. The van der Waals surface area contributed by atoms with Crippen molar-refractivity contribution in [1.82, 2.24) is 0 Å². The van der Waals surface area contributed by atoms with Crippen molar-refractivity contribution in [3.8, 4) is 0 Å². The van der Waals surface area contributed by atoms with Gasteiger partial charge in [-0.1, -0.05) is 58.8 Å². The van der Waals surface area contributed by atoms with E-state index in [1.165, 1.54) is 0 Å². The molecular formula is C15H17BrO3-. The summed E-state index contributed by atoms with van der Waals surface area (Å²) in [6.07, 6.45) is 0.795. The smallest absolute Gasteiger partial charge is 0.311 e. The van der Waals surface area contributed by atoms with Crippen molar-refractivity contribution in [2.45, 2.75) is 31.5 Å². The summed E-state index contributed by atoms with van der Waals surface area (Å²) < 4.78 is 5.15. The van der Waals surface area contributed by atoms with Crippen molar-refractivity contribution in [3.05, 3.63) is 41.5 Å². The van der Waals surface area contributed by atoms with Crippen molar-refractivity contribution in [2.24, 2.45) is 5.41 Å². The van der Waals surface area contributed by atoms with E-state index in [9.17, 15) is 9.90 Å². The van der Waals surface area contributed by atoms with Gasteiger partial charge in [-0.2, -0.15) is 0 Å². The molecule has 1 aromatic carbocycles. The SMILES string of the molecule is CCOC(=O)C1(CC(C)Br)Cc2ccccc2[C]1[O-]. The molecule has 0 spiro atoms.